The van der Waals surface area contributed by atoms with E-state index in [9.17, 15) is 0 Å². The molecule has 0 spiro atoms. The molecule has 0 amide bonds. The van der Waals surface area contributed by atoms with Crippen molar-refractivity contribution >= 4 is 11.4 Å². The summed E-state index contributed by atoms with van der Waals surface area (Å²) in [7, 11) is 0. The Labute approximate surface area is 137 Å². The van der Waals surface area contributed by atoms with Crippen molar-refractivity contribution in [2.24, 2.45) is 10.2 Å². The molecule has 0 saturated heterocycles. The third-order valence-corrected chi connectivity index (χ3v) is 4.12. The fourth-order valence-electron chi connectivity index (χ4n) is 2.58. The zero-order valence-corrected chi connectivity index (χ0v) is 13.5. The predicted octanol–water partition coefficient (Wildman–Crippen LogP) is 6.43. The molecular formula is C21H20N2. The molecule has 0 N–H and O–H groups in total. The lowest BCUT2D eigenvalue weighted by atomic mass is 9.78. The van der Waals surface area contributed by atoms with Crippen LogP contribution in [0.15, 0.2) is 95.2 Å². The van der Waals surface area contributed by atoms with Gasteiger partial charge in [-0.05, 0) is 35.4 Å². The van der Waals surface area contributed by atoms with Crippen LogP contribution in [0.1, 0.15) is 25.0 Å². The standard InChI is InChI=1S/C21H20N2/c1-21(2,17-9-5-3-6-10-17)18-13-15-20(16-14-18)23-22-19-11-7-4-8-12-19/h3-16H,1-2H3/b23-22+. The van der Waals surface area contributed by atoms with Crippen molar-refractivity contribution in [3.05, 3.63) is 96.1 Å². The zero-order valence-electron chi connectivity index (χ0n) is 13.5. The van der Waals surface area contributed by atoms with Crippen molar-refractivity contribution in [2.45, 2.75) is 19.3 Å². The van der Waals surface area contributed by atoms with Gasteiger partial charge in [0.2, 0.25) is 0 Å². The third-order valence-electron chi connectivity index (χ3n) is 4.12. The number of rotatable bonds is 4. The van der Waals surface area contributed by atoms with Crippen LogP contribution in [0.25, 0.3) is 0 Å². The van der Waals surface area contributed by atoms with Crippen LogP contribution in [-0.2, 0) is 5.41 Å². The van der Waals surface area contributed by atoms with E-state index in [0.717, 1.165) is 11.4 Å². The molecule has 0 unspecified atom stereocenters. The molecule has 0 radical (unpaired) electrons. The zero-order chi connectivity index (χ0) is 16.1. The smallest absolute Gasteiger partial charge is 0.0857 e. The largest absolute Gasteiger partial charge is 0.151 e. The van der Waals surface area contributed by atoms with Crippen LogP contribution < -0.4 is 0 Å². The van der Waals surface area contributed by atoms with Crippen molar-refractivity contribution < 1.29 is 0 Å². The SMILES string of the molecule is CC(C)(c1ccccc1)c1ccc(/N=N/c2ccccc2)cc1. The quantitative estimate of drug-likeness (QED) is 0.496. The van der Waals surface area contributed by atoms with Gasteiger partial charge < -0.3 is 0 Å². The second-order valence-electron chi connectivity index (χ2n) is 6.07. The van der Waals surface area contributed by atoms with Crippen LogP contribution >= 0.6 is 0 Å². The fourth-order valence-corrected chi connectivity index (χ4v) is 2.58. The van der Waals surface area contributed by atoms with Crippen LogP contribution in [0.4, 0.5) is 11.4 Å². The van der Waals surface area contributed by atoms with E-state index < -0.39 is 0 Å². The van der Waals surface area contributed by atoms with Crippen LogP contribution in [0, 0.1) is 0 Å². The molecular weight excluding hydrogens is 280 g/mol. The highest BCUT2D eigenvalue weighted by Gasteiger charge is 2.22. The average molecular weight is 300 g/mol. The van der Waals surface area contributed by atoms with Gasteiger partial charge in [-0.15, -0.1) is 0 Å². The molecule has 114 valence electrons. The molecule has 2 heteroatoms. The van der Waals surface area contributed by atoms with Gasteiger partial charge in [0.05, 0.1) is 11.4 Å². The number of azo groups is 1. The summed E-state index contributed by atoms with van der Waals surface area (Å²) < 4.78 is 0. The summed E-state index contributed by atoms with van der Waals surface area (Å²) in [4.78, 5) is 0. The van der Waals surface area contributed by atoms with E-state index in [1.165, 1.54) is 11.1 Å². The summed E-state index contributed by atoms with van der Waals surface area (Å²) in [6.07, 6.45) is 0. The summed E-state index contributed by atoms with van der Waals surface area (Å²) in [5.74, 6) is 0. The Bertz CT molecular complexity index is 773. The average Bonchev–Trinajstić information content (AvgIpc) is 2.62. The van der Waals surface area contributed by atoms with E-state index in [-0.39, 0.29) is 5.41 Å². The minimum absolute atomic E-state index is 0.0314. The van der Waals surface area contributed by atoms with Gasteiger partial charge in [0.1, 0.15) is 0 Å². The lowest BCUT2D eigenvalue weighted by Gasteiger charge is -2.26. The molecule has 3 aromatic carbocycles. The van der Waals surface area contributed by atoms with Gasteiger partial charge in [-0.2, -0.15) is 10.2 Å². The fraction of sp³-hybridized carbons (Fsp3) is 0.143. The number of hydrogen-bond acceptors (Lipinski definition) is 2. The van der Waals surface area contributed by atoms with Crippen molar-refractivity contribution in [3.8, 4) is 0 Å². The maximum atomic E-state index is 4.30. The summed E-state index contributed by atoms with van der Waals surface area (Å²) in [6.45, 7) is 4.48. The van der Waals surface area contributed by atoms with E-state index in [1.54, 1.807) is 0 Å². The molecule has 0 aliphatic rings. The van der Waals surface area contributed by atoms with Gasteiger partial charge in [0.15, 0.2) is 0 Å². The van der Waals surface area contributed by atoms with Crippen molar-refractivity contribution in [1.82, 2.24) is 0 Å². The van der Waals surface area contributed by atoms with E-state index >= 15 is 0 Å². The molecule has 0 aliphatic carbocycles. The number of hydrogen-bond donors (Lipinski definition) is 0. The normalized spacial score (nSPS) is 11.7. The van der Waals surface area contributed by atoms with E-state index in [2.05, 4.69) is 60.5 Å². The van der Waals surface area contributed by atoms with Gasteiger partial charge in [0, 0.05) is 5.41 Å². The minimum atomic E-state index is -0.0314. The maximum Gasteiger partial charge on any atom is 0.0857 e. The molecule has 23 heavy (non-hydrogen) atoms. The first-order valence-corrected chi connectivity index (χ1v) is 7.79. The second-order valence-corrected chi connectivity index (χ2v) is 6.07. The minimum Gasteiger partial charge on any atom is -0.151 e. The summed E-state index contributed by atoms with van der Waals surface area (Å²) in [5, 5.41) is 8.55. The monoisotopic (exact) mass is 300 g/mol. The molecule has 0 fully saturated rings. The lowest BCUT2D eigenvalue weighted by Crippen LogP contribution is -2.18. The van der Waals surface area contributed by atoms with Gasteiger partial charge in [-0.25, -0.2) is 0 Å². The van der Waals surface area contributed by atoms with E-state index in [0.29, 0.717) is 0 Å². The summed E-state index contributed by atoms with van der Waals surface area (Å²) in [6, 6.07) is 28.6. The van der Waals surface area contributed by atoms with Gasteiger partial charge in [0.25, 0.3) is 0 Å². The molecule has 0 aliphatic heterocycles. The lowest BCUT2D eigenvalue weighted by molar-refractivity contribution is 0.641. The number of nitrogens with zero attached hydrogens (tertiary/aromatic N) is 2. The van der Waals surface area contributed by atoms with Crippen molar-refractivity contribution in [2.75, 3.05) is 0 Å². The Morgan fingerprint density at radius 1 is 0.522 bits per heavy atom. The van der Waals surface area contributed by atoms with Crippen molar-refractivity contribution in [1.29, 1.82) is 0 Å². The molecule has 0 aromatic heterocycles. The third kappa shape index (κ3) is 3.54. The topological polar surface area (TPSA) is 24.7 Å². The molecule has 0 heterocycles. The Balaban J connectivity index is 1.81. The highest BCUT2D eigenvalue weighted by atomic mass is 15.1. The molecule has 3 rings (SSSR count). The van der Waals surface area contributed by atoms with E-state index in [1.807, 2.05) is 48.5 Å². The molecule has 3 aromatic rings. The van der Waals surface area contributed by atoms with Crippen LogP contribution in [0.3, 0.4) is 0 Å². The van der Waals surface area contributed by atoms with Crippen LogP contribution in [-0.4, -0.2) is 0 Å². The Morgan fingerprint density at radius 2 is 0.957 bits per heavy atom. The Hall–Kier alpha value is -2.74. The molecule has 0 atom stereocenters. The molecule has 0 bridgehead atoms. The Morgan fingerprint density at radius 3 is 1.52 bits per heavy atom. The van der Waals surface area contributed by atoms with Gasteiger partial charge >= 0.3 is 0 Å². The first-order chi connectivity index (χ1) is 11.2. The molecule has 0 saturated carbocycles. The highest BCUT2D eigenvalue weighted by molar-refractivity contribution is 5.45. The first kappa shape index (κ1) is 15.2. The van der Waals surface area contributed by atoms with Gasteiger partial charge in [-0.3, -0.25) is 0 Å². The number of benzene rings is 3. The molecule has 2 nitrogen and oxygen atoms in total. The highest BCUT2D eigenvalue weighted by Crippen LogP contribution is 2.32. The van der Waals surface area contributed by atoms with Gasteiger partial charge in [-0.1, -0.05) is 74.5 Å². The van der Waals surface area contributed by atoms with E-state index in [4.69, 9.17) is 0 Å². The summed E-state index contributed by atoms with van der Waals surface area (Å²) in [5.41, 5.74) is 4.26. The second kappa shape index (κ2) is 6.57. The van der Waals surface area contributed by atoms with Crippen LogP contribution in [0.2, 0.25) is 0 Å². The Kier molecular flexibility index (Phi) is 4.33. The maximum absolute atomic E-state index is 4.30. The van der Waals surface area contributed by atoms with Crippen LogP contribution in [0.5, 0.6) is 0 Å². The first-order valence-electron chi connectivity index (χ1n) is 7.79. The predicted molar refractivity (Wildman–Crippen MR) is 95.6 cm³/mol. The summed E-state index contributed by atoms with van der Waals surface area (Å²) >= 11 is 0. The van der Waals surface area contributed by atoms with Crippen molar-refractivity contribution in [3.63, 3.8) is 0 Å².